The Morgan fingerprint density at radius 1 is 1.30 bits per heavy atom. The molecule has 0 radical (unpaired) electrons. The van der Waals surface area contributed by atoms with E-state index in [1.54, 1.807) is 24.3 Å². The van der Waals surface area contributed by atoms with Crippen LogP contribution in [0.15, 0.2) is 24.3 Å². The number of carboxylic acids is 1. The van der Waals surface area contributed by atoms with Gasteiger partial charge in [-0.15, -0.1) is 0 Å². The van der Waals surface area contributed by atoms with Gasteiger partial charge in [0.25, 0.3) is 0 Å². The van der Waals surface area contributed by atoms with Crippen molar-refractivity contribution in [3.8, 4) is 0 Å². The Bertz CT molecular complexity index is 721. The molecule has 0 spiro atoms. The molecule has 3 rings (SSSR count). The molecule has 0 saturated carbocycles. The second-order valence-electron chi connectivity index (χ2n) is 6.53. The molecule has 1 aromatic carbocycles. The van der Waals surface area contributed by atoms with E-state index in [2.05, 4.69) is 0 Å². The number of fused-ring (bicyclic) bond motifs is 1. The number of nitrogens with zero attached hydrogens (tertiary/aromatic N) is 2. The standard InChI is InChI=1S/C15H19ClN2O4S/c1-17-6-12-7-18(10-15(12,9-17)14(19)20)23(21,22)8-11-2-4-13(16)5-3-11/h2-5,12H,6-10H2,1H3,(H,19,20)/t12-,15-/m0/s1. The van der Waals surface area contributed by atoms with E-state index in [4.69, 9.17) is 11.6 Å². The third kappa shape index (κ3) is 2.98. The van der Waals surface area contributed by atoms with Crippen LogP contribution in [0.1, 0.15) is 5.56 Å². The van der Waals surface area contributed by atoms with Gasteiger partial charge in [-0.05, 0) is 24.7 Å². The van der Waals surface area contributed by atoms with Crippen LogP contribution in [-0.4, -0.2) is 61.9 Å². The number of carboxylic acid groups (broad SMARTS) is 1. The lowest BCUT2D eigenvalue weighted by atomic mass is 9.81. The summed E-state index contributed by atoms with van der Waals surface area (Å²) >= 11 is 5.81. The summed E-state index contributed by atoms with van der Waals surface area (Å²) in [7, 11) is -1.68. The zero-order valence-electron chi connectivity index (χ0n) is 12.8. The molecule has 1 N–H and O–H groups in total. The number of halogens is 1. The van der Waals surface area contributed by atoms with Crippen LogP contribution in [0.25, 0.3) is 0 Å². The van der Waals surface area contributed by atoms with Crippen LogP contribution in [-0.2, 0) is 20.6 Å². The molecule has 0 aromatic heterocycles. The fraction of sp³-hybridized carbons (Fsp3) is 0.533. The second kappa shape index (κ2) is 5.73. The van der Waals surface area contributed by atoms with Crippen molar-refractivity contribution in [2.24, 2.45) is 11.3 Å². The highest BCUT2D eigenvalue weighted by molar-refractivity contribution is 7.88. The number of sulfonamides is 1. The molecule has 23 heavy (non-hydrogen) atoms. The SMILES string of the molecule is CN1C[C@H]2CN(S(=O)(=O)Cc3ccc(Cl)cc3)C[C@@]2(C(=O)O)C1. The van der Waals surface area contributed by atoms with Gasteiger partial charge in [-0.1, -0.05) is 23.7 Å². The van der Waals surface area contributed by atoms with Gasteiger partial charge < -0.3 is 10.0 Å². The Labute approximate surface area is 140 Å². The van der Waals surface area contributed by atoms with E-state index in [1.807, 2.05) is 11.9 Å². The number of hydrogen-bond donors (Lipinski definition) is 1. The van der Waals surface area contributed by atoms with Gasteiger partial charge in [-0.3, -0.25) is 4.79 Å². The van der Waals surface area contributed by atoms with Gasteiger partial charge in [0.05, 0.1) is 11.2 Å². The van der Waals surface area contributed by atoms with E-state index in [1.165, 1.54) is 4.31 Å². The summed E-state index contributed by atoms with van der Waals surface area (Å²) in [6.45, 7) is 1.32. The molecule has 0 amide bonds. The van der Waals surface area contributed by atoms with Crippen LogP contribution >= 0.6 is 11.6 Å². The minimum atomic E-state index is -3.55. The first-order valence-corrected chi connectivity index (χ1v) is 9.36. The molecule has 2 aliphatic heterocycles. The Hall–Kier alpha value is -1.15. The summed E-state index contributed by atoms with van der Waals surface area (Å²) in [5.41, 5.74) is -0.338. The number of aliphatic carboxylic acids is 1. The van der Waals surface area contributed by atoms with Crippen LogP contribution in [0, 0.1) is 11.3 Å². The Kier molecular flexibility index (Phi) is 4.16. The van der Waals surface area contributed by atoms with Gasteiger partial charge in [-0.25, -0.2) is 12.7 Å². The zero-order chi connectivity index (χ0) is 16.8. The monoisotopic (exact) mass is 358 g/mol. The average Bonchev–Trinajstić information content (AvgIpc) is 2.95. The highest BCUT2D eigenvalue weighted by atomic mass is 35.5. The molecule has 2 aliphatic rings. The lowest BCUT2D eigenvalue weighted by Gasteiger charge is -2.24. The number of benzene rings is 1. The summed E-state index contributed by atoms with van der Waals surface area (Å²) < 4.78 is 26.6. The maximum absolute atomic E-state index is 12.7. The molecule has 8 heteroatoms. The van der Waals surface area contributed by atoms with Crippen molar-refractivity contribution >= 4 is 27.6 Å². The van der Waals surface area contributed by atoms with E-state index in [-0.39, 0.29) is 24.8 Å². The first-order chi connectivity index (χ1) is 10.7. The summed E-state index contributed by atoms with van der Waals surface area (Å²) in [4.78, 5) is 13.7. The lowest BCUT2D eigenvalue weighted by molar-refractivity contribution is -0.148. The molecule has 2 fully saturated rings. The van der Waals surface area contributed by atoms with Gasteiger partial charge in [0.1, 0.15) is 0 Å². The molecule has 6 nitrogen and oxygen atoms in total. The molecule has 2 atom stereocenters. The molecule has 2 saturated heterocycles. The smallest absolute Gasteiger partial charge is 0.312 e. The van der Waals surface area contributed by atoms with Crippen LogP contribution in [0.2, 0.25) is 5.02 Å². The summed E-state index contributed by atoms with van der Waals surface area (Å²) in [6.07, 6.45) is 0. The maximum Gasteiger partial charge on any atom is 0.312 e. The third-order valence-electron chi connectivity index (χ3n) is 4.83. The third-order valence-corrected chi connectivity index (χ3v) is 6.84. The van der Waals surface area contributed by atoms with Crippen molar-refractivity contribution in [3.05, 3.63) is 34.9 Å². The minimum Gasteiger partial charge on any atom is -0.481 e. The summed E-state index contributed by atoms with van der Waals surface area (Å²) in [6, 6.07) is 6.66. The maximum atomic E-state index is 12.7. The van der Waals surface area contributed by atoms with Crippen molar-refractivity contribution in [2.45, 2.75) is 5.75 Å². The first-order valence-electron chi connectivity index (χ1n) is 7.37. The molecular weight excluding hydrogens is 340 g/mol. The number of carbonyl (C=O) groups is 1. The van der Waals surface area contributed by atoms with Crippen LogP contribution < -0.4 is 0 Å². The average molecular weight is 359 g/mol. The van der Waals surface area contributed by atoms with Crippen molar-refractivity contribution in [1.82, 2.24) is 9.21 Å². The quantitative estimate of drug-likeness (QED) is 0.872. The summed E-state index contributed by atoms with van der Waals surface area (Å²) in [5.74, 6) is -1.20. The highest BCUT2D eigenvalue weighted by Crippen LogP contribution is 2.43. The fourth-order valence-corrected chi connectivity index (χ4v) is 5.42. The predicted molar refractivity (Wildman–Crippen MR) is 86.7 cm³/mol. The van der Waals surface area contributed by atoms with Crippen molar-refractivity contribution < 1.29 is 18.3 Å². The van der Waals surface area contributed by atoms with Crippen molar-refractivity contribution in [1.29, 1.82) is 0 Å². The van der Waals surface area contributed by atoms with E-state index in [0.29, 0.717) is 23.7 Å². The van der Waals surface area contributed by atoms with Crippen LogP contribution in [0.5, 0.6) is 0 Å². The van der Waals surface area contributed by atoms with E-state index in [9.17, 15) is 18.3 Å². The fourth-order valence-electron chi connectivity index (χ4n) is 3.67. The normalized spacial score (nSPS) is 28.9. The second-order valence-corrected chi connectivity index (χ2v) is 8.94. The molecular formula is C15H19ClN2O4S. The first kappa shape index (κ1) is 16.7. The number of rotatable bonds is 4. The van der Waals surface area contributed by atoms with Crippen molar-refractivity contribution in [2.75, 3.05) is 33.2 Å². The molecule has 126 valence electrons. The van der Waals surface area contributed by atoms with E-state index in [0.717, 1.165) is 0 Å². The Morgan fingerprint density at radius 3 is 2.52 bits per heavy atom. The summed E-state index contributed by atoms with van der Waals surface area (Å²) in [5, 5.41) is 10.2. The van der Waals surface area contributed by atoms with Crippen LogP contribution in [0.4, 0.5) is 0 Å². The van der Waals surface area contributed by atoms with Gasteiger partial charge in [0.15, 0.2) is 0 Å². The Morgan fingerprint density at radius 2 is 1.96 bits per heavy atom. The zero-order valence-corrected chi connectivity index (χ0v) is 14.3. The largest absolute Gasteiger partial charge is 0.481 e. The molecule has 2 heterocycles. The van der Waals surface area contributed by atoms with Gasteiger partial charge >= 0.3 is 5.97 Å². The highest BCUT2D eigenvalue weighted by Gasteiger charge is 2.58. The number of hydrogen-bond acceptors (Lipinski definition) is 4. The predicted octanol–water partition coefficient (Wildman–Crippen LogP) is 1.12. The van der Waals surface area contributed by atoms with E-state index >= 15 is 0 Å². The Balaban J connectivity index is 1.80. The van der Waals surface area contributed by atoms with E-state index < -0.39 is 21.4 Å². The van der Waals surface area contributed by atoms with Crippen molar-refractivity contribution in [3.63, 3.8) is 0 Å². The topological polar surface area (TPSA) is 77.9 Å². The molecule has 0 bridgehead atoms. The number of likely N-dealkylation sites (tertiary alicyclic amines) is 1. The lowest BCUT2D eigenvalue weighted by Crippen LogP contribution is -2.41. The van der Waals surface area contributed by atoms with Crippen LogP contribution in [0.3, 0.4) is 0 Å². The van der Waals surface area contributed by atoms with Gasteiger partial charge in [-0.2, -0.15) is 0 Å². The molecule has 0 aliphatic carbocycles. The van der Waals surface area contributed by atoms with Gasteiger partial charge in [0.2, 0.25) is 10.0 Å². The molecule has 0 unspecified atom stereocenters. The molecule has 1 aromatic rings. The van der Waals surface area contributed by atoms with Gasteiger partial charge in [0, 0.05) is 37.1 Å². The minimum absolute atomic E-state index is 0.0489.